The van der Waals surface area contributed by atoms with Gasteiger partial charge < -0.3 is 10.2 Å². The van der Waals surface area contributed by atoms with Gasteiger partial charge in [-0.15, -0.1) is 0 Å². The van der Waals surface area contributed by atoms with E-state index in [0.29, 0.717) is 6.61 Å². The summed E-state index contributed by atoms with van der Waals surface area (Å²) in [4.78, 5) is 0. The lowest BCUT2D eigenvalue weighted by molar-refractivity contribution is 0.276. The third kappa shape index (κ3) is 3.96. The Labute approximate surface area is 119 Å². The third-order valence-corrected chi connectivity index (χ3v) is 8.93. The van der Waals surface area contributed by atoms with E-state index >= 15 is 0 Å². The molecule has 2 N–H and O–H groups in total. The van der Waals surface area contributed by atoms with Gasteiger partial charge in [-0.3, -0.25) is 0 Å². The molecule has 1 aromatic carbocycles. The summed E-state index contributed by atoms with van der Waals surface area (Å²) < 4.78 is 7.25. The second-order valence-electron chi connectivity index (χ2n) is 5.90. The average Bonchev–Trinajstić information content (AvgIpc) is 2.18. The summed E-state index contributed by atoms with van der Waals surface area (Å²) in [5.74, 6) is 0. The number of hydrogen-bond acceptors (Lipinski definition) is 2. The first kappa shape index (κ1) is 15.0. The first-order valence-corrected chi connectivity index (χ1v) is 9.80. The molecule has 2 nitrogen and oxygen atoms in total. The minimum atomic E-state index is -1.66. The smallest absolute Gasteiger partial charge is 0.192 e. The fourth-order valence-electron chi connectivity index (χ4n) is 1.16. The minimum Gasteiger partial charge on any atom is -0.413 e. The van der Waals surface area contributed by atoms with Gasteiger partial charge in [-0.1, -0.05) is 26.8 Å². The lowest BCUT2D eigenvalue weighted by Crippen LogP contribution is -2.40. The lowest BCUT2D eigenvalue weighted by Gasteiger charge is -2.36. The molecule has 0 bridgehead atoms. The number of hydrogen-bond donors (Lipinski definition) is 1. The van der Waals surface area contributed by atoms with Crippen molar-refractivity contribution in [2.24, 2.45) is 0 Å². The second kappa shape index (κ2) is 5.28. The first-order chi connectivity index (χ1) is 7.63. The van der Waals surface area contributed by atoms with E-state index in [4.69, 9.17) is 10.2 Å². The van der Waals surface area contributed by atoms with Crippen molar-refractivity contribution in [2.75, 3.05) is 5.73 Å². The molecular formula is C13H22INOSi. The van der Waals surface area contributed by atoms with Crippen LogP contribution in [0.1, 0.15) is 26.3 Å². The monoisotopic (exact) mass is 363 g/mol. The predicted molar refractivity (Wildman–Crippen MR) is 85.6 cm³/mol. The van der Waals surface area contributed by atoms with Crippen molar-refractivity contribution in [3.05, 3.63) is 27.3 Å². The van der Waals surface area contributed by atoms with Crippen LogP contribution in [0.3, 0.4) is 0 Å². The zero-order valence-electron chi connectivity index (χ0n) is 11.3. The van der Waals surface area contributed by atoms with E-state index in [0.717, 1.165) is 14.8 Å². The highest BCUT2D eigenvalue weighted by Gasteiger charge is 2.36. The normalized spacial score (nSPS) is 12.8. The molecule has 0 aliphatic heterocycles. The lowest BCUT2D eigenvalue weighted by atomic mass is 10.2. The van der Waals surface area contributed by atoms with E-state index in [1.54, 1.807) is 0 Å². The summed E-state index contributed by atoms with van der Waals surface area (Å²) in [5.41, 5.74) is 7.89. The molecule has 0 saturated heterocycles. The Kier molecular flexibility index (Phi) is 4.65. The molecule has 0 aliphatic rings. The summed E-state index contributed by atoms with van der Waals surface area (Å²) in [7, 11) is -1.66. The molecule has 1 rings (SSSR count). The van der Waals surface area contributed by atoms with Gasteiger partial charge in [0.2, 0.25) is 0 Å². The van der Waals surface area contributed by atoms with Crippen molar-refractivity contribution < 1.29 is 4.43 Å². The molecular weight excluding hydrogens is 341 g/mol. The third-order valence-electron chi connectivity index (χ3n) is 3.47. The number of anilines is 1. The van der Waals surface area contributed by atoms with Crippen LogP contribution >= 0.6 is 22.6 Å². The van der Waals surface area contributed by atoms with Crippen molar-refractivity contribution >= 4 is 36.6 Å². The van der Waals surface area contributed by atoms with Gasteiger partial charge in [0.25, 0.3) is 0 Å². The molecule has 0 unspecified atom stereocenters. The van der Waals surface area contributed by atoms with Gasteiger partial charge in [-0.25, -0.2) is 0 Å². The van der Waals surface area contributed by atoms with E-state index < -0.39 is 8.32 Å². The molecule has 4 heteroatoms. The second-order valence-corrected chi connectivity index (χ2v) is 11.9. The van der Waals surface area contributed by atoms with Gasteiger partial charge in [0.1, 0.15) is 0 Å². The van der Waals surface area contributed by atoms with Crippen LogP contribution in [0.25, 0.3) is 0 Å². The molecule has 0 radical (unpaired) electrons. The van der Waals surface area contributed by atoms with Gasteiger partial charge in [0, 0.05) is 9.26 Å². The molecule has 96 valence electrons. The fourth-order valence-corrected chi connectivity index (χ4v) is 2.46. The van der Waals surface area contributed by atoms with Crippen LogP contribution in [0.5, 0.6) is 0 Å². The number of halogens is 1. The molecule has 0 saturated carbocycles. The van der Waals surface area contributed by atoms with Crippen molar-refractivity contribution in [2.45, 2.75) is 45.5 Å². The Balaban J connectivity index is 2.71. The summed E-state index contributed by atoms with van der Waals surface area (Å²) in [6.07, 6.45) is 0. The van der Waals surface area contributed by atoms with Crippen molar-refractivity contribution in [1.29, 1.82) is 0 Å². The van der Waals surface area contributed by atoms with Crippen molar-refractivity contribution in [1.82, 2.24) is 0 Å². The number of rotatable bonds is 3. The fraction of sp³-hybridized carbons (Fsp3) is 0.538. The Hall–Kier alpha value is -0.0731. The predicted octanol–water partition coefficient (Wildman–Crippen LogP) is 4.40. The van der Waals surface area contributed by atoms with Crippen molar-refractivity contribution in [3.8, 4) is 0 Å². The van der Waals surface area contributed by atoms with Crippen LogP contribution in [0, 0.1) is 3.57 Å². The first-order valence-electron chi connectivity index (χ1n) is 5.81. The number of benzene rings is 1. The number of nitrogen functional groups attached to an aromatic ring is 1. The van der Waals surface area contributed by atoms with Crippen LogP contribution in [0.4, 0.5) is 5.69 Å². The molecule has 17 heavy (non-hydrogen) atoms. The zero-order chi connectivity index (χ0) is 13.3. The van der Waals surface area contributed by atoms with Gasteiger partial charge in [-0.05, 0) is 58.4 Å². The standard InChI is InChI=1S/C13H22INOSi/c1-13(2,3)17(4,5)16-9-10-6-7-11(14)12(15)8-10/h6-8H,9,15H2,1-5H3. The topological polar surface area (TPSA) is 35.2 Å². The van der Waals surface area contributed by atoms with Crippen molar-refractivity contribution in [3.63, 3.8) is 0 Å². The van der Waals surface area contributed by atoms with Gasteiger partial charge in [0.05, 0.1) is 6.61 Å². The van der Waals surface area contributed by atoms with Crippen LogP contribution < -0.4 is 5.73 Å². The van der Waals surface area contributed by atoms with Crippen LogP contribution in [-0.2, 0) is 11.0 Å². The van der Waals surface area contributed by atoms with Gasteiger partial charge >= 0.3 is 0 Å². The SMILES string of the molecule is CC(C)(C)[Si](C)(C)OCc1ccc(I)c(N)c1. The van der Waals surface area contributed by atoms with E-state index in [-0.39, 0.29) is 5.04 Å². The maximum Gasteiger partial charge on any atom is 0.192 e. The minimum absolute atomic E-state index is 0.252. The molecule has 0 fully saturated rings. The summed E-state index contributed by atoms with van der Waals surface area (Å²) in [6, 6.07) is 6.14. The summed E-state index contributed by atoms with van der Waals surface area (Å²) in [5, 5.41) is 0.252. The Morgan fingerprint density at radius 3 is 2.35 bits per heavy atom. The van der Waals surface area contributed by atoms with E-state index in [9.17, 15) is 0 Å². The Morgan fingerprint density at radius 1 is 1.29 bits per heavy atom. The highest BCUT2D eigenvalue weighted by molar-refractivity contribution is 14.1. The van der Waals surface area contributed by atoms with E-state index in [1.165, 1.54) is 0 Å². The average molecular weight is 363 g/mol. The highest BCUT2D eigenvalue weighted by Crippen LogP contribution is 2.37. The van der Waals surface area contributed by atoms with Gasteiger partial charge in [0.15, 0.2) is 8.32 Å². The maximum atomic E-state index is 6.16. The molecule has 0 heterocycles. The van der Waals surface area contributed by atoms with Crippen LogP contribution in [-0.4, -0.2) is 8.32 Å². The quantitative estimate of drug-likeness (QED) is 0.491. The Morgan fingerprint density at radius 2 is 1.88 bits per heavy atom. The molecule has 0 spiro atoms. The van der Waals surface area contributed by atoms with Crippen LogP contribution in [0.2, 0.25) is 18.1 Å². The van der Waals surface area contributed by atoms with Gasteiger partial charge in [-0.2, -0.15) is 0 Å². The maximum absolute atomic E-state index is 6.16. The highest BCUT2D eigenvalue weighted by atomic mass is 127. The molecule has 1 aromatic rings. The Bertz CT molecular complexity index is 399. The van der Waals surface area contributed by atoms with E-state index in [2.05, 4.69) is 62.5 Å². The van der Waals surface area contributed by atoms with E-state index in [1.807, 2.05) is 12.1 Å². The molecule has 0 atom stereocenters. The summed E-state index contributed by atoms with van der Waals surface area (Å²) >= 11 is 2.24. The zero-order valence-corrected chi connectivity index (χ0v) is 14.5. The largest absolute Gasteiger partial charge is 0.413 e. The molecule has 0 aliphatic carbocycles. The van der Waals surface area contributed by atoms with Crippen LogP contribution in [0.15, 0.2) is 18.2 Å². The summed E-state index contributed by atoms with van der Waals surface area (Å²) in [6.45, 7) is 12.0. The molecule has 0 amide bonds. The number of nitrogens with two attached hydrogens (primary N) is 1. The molecule has 0 aromatic heterocycles.